The highest BCUT2D eigenvalue weighted by atomic mass is 19.4. The van der Waals surface area contributed by atoms with Gasteiger partial charge >= 0.3 is 6.18 Å². The molecular formula is C26H34F3N5O. The molecule has 0 aliphatic carbocycles. The van der Waals surface area contributed by atoms with E-state index in [2.05, 4.69) is 20.9 Å². The summed E-state index contributed by atoms with van der Waals surface area (Å²) in [5.41, 5.74) is 0.790. The molecule has 3 heterocycles. The van der Waals surface area contributed by atoms with Gasteiger partial charge in [0.05, 0.1) is 0 Å². The summed E-state index contributed by atoms with van der Waals surface area (Å²) in [7, 11) is 0. The van der Waals surface area contributed by atoms with Gasteiger partial charge < -0.3 is 9.80 Å². The van der Waals surface area contributed by atoms with Crippen molar-refractivity contribution in [2.75, 3.05) is 49.1 Å². The number of aryl methyl sites for hydroxylation is 1. The molecule has 2 aliphatic heterocycles. The monoisotopic (exact) mass is 489 g/mol. The second-order valence-electron chi connectivity index (χ2n) is 10.4. The minimum atomic E-state index is -4.51. The number of nitrogens with zero attached hydrogens (tertiary/aromatic N) is 5. The maximum Gasteiger partial charge on any atom is 0.433 e. The third-order valence-corrected chi connectivity index (χ3v) is 6.65. The number of carbonyl (C=O) groups is 1. The van der Waals surface area contributed by atoms with Crippen LogP contribution in [0.3, 0.4) is 0 Å². The quantitative estimate of drug-likeness (QED) is 0.611. The van der Waals surface area contributed by atoms with E-state index in [4.69, 9.17) is 0 Å². The molecule has 0 atom stereocenters. The van der Waals surface area contributed by atoms with Crippen molar-refractivity contribution in [2.24, 2.45) is 0 Å². The van der Waals surface area contributed by atoms with Crippen LogP contribution < -0.4 is 9.80 Å². The van der Waals surface area contributed by atoms with Crippen LogP contribution in [0.1, 0.15) is 57.1 Å². The van der Waals surface area contributed by atoms with Crippen LogP contribution in [0.25, 0.3) is 0 Å². The van der Waals surface area contributed by atoms with Gasteiger partial charge in [0.1, 0.15) is 17.3 Å². The Kier molecular flexibility index (Phi) is 7.35. The molecule has 4 rings (SSSR count). The minimum absolute atomic E-state index is 0.158. The lowest BCUT2D eigenvalue weighted by molar-refractivity contribution is -0.141. The number of amides is 1. The van der Waals surface area contributed by atoms with Gasteiger partial charge in [-0.1, -0.05) is 39.0 Å². The van der Waals surface area contributed by atoms with Crippen molar-refractivity contribution in [3.05, 3.63) is 47.4 Å². The highest BCUT2D eigenvalue weighted by molar-refractivity contribution is 5.94. The summed E-state index contributed by atoms with van der Waals surface area (Å²) in [6, 6.07) is 9.16. The third kappa shape index (κ3) is 6.12. The first-order valence-electron chi connectivity index (χ1n) is 12.3. The summed E-state index contributed by atoms with van der Waals surface area (Å²) in [4.78, 5) is 27.2. The predicted octanol–water partition coefficient (Wildman–Crippen LogP) is 4.67. The summed E-state index contributed by atoms with van der Waals surface area (Å²) in [6.45, 7) is 9.62. The second kappa shape index (κ2) is 10.1. The number of hydrogen-bond acceptors (Lipinski definition) is 5. The molecule has 2 aliphatic rings. The predicted molar refractivity (Wildman–Crippen MR) is 131 cm³/mol. The van der Waals surface area contributed by atoms with Crippen LogP contribution >= 0.6 is 0 Å². The van der Waals surface area contributed by atoms with Crippen molar-refractivity contribution in [1.82, 2.24) is 14.9 Å². The SMILES string of the molecule is CC(C)(C)c1nc(N2CCN(CCCC(=O)N3CCCc4ccccc43)CC2)cc(C(F)(F)F)n1. The largest absolute Gasteiger partial charge is 0.433 e. The average Bonchev–Trinajstić information content (AvgIpc) is 2.82. The van der Waals surface area contributed by atoms with E-state index in [1.165, 1.54) is 5.56 Å². The number of anilines is 2. The molecule has 1 amide bonds. The highest BCUT2D eigenvalue weighted by Gasteiger charge is 2.36. The average molecular weight is 490 g/mol. The zero-order chi connectivity index (χ0) is 25.2. The summed E-state index contributed by atoms with van der Waals surface area (Å²) < 4.78 is 40.3. The Morgan fingerprint density at radius 1 is 1.00 bits per heavy atom. The molecule has 1 aromatic carbocycles. The summed E-state index contributed by atoms with van der Waals surface area (Å²) >= 11 is 0. The van der Waals surface area contributed by atoms with Gasteiger partial charge in [-0.05, 0) is 37.4 Å². The van der Waals surface area contributed by atoms with Gasteiger partial charge in [-0.2, -0.15) is 13.2 Å². The molecule has 0 bridgehead atoms. The lowest BCUT2D eigenvalue weighted by Gasteiger charge is -2.36. The lowest BCUT2D eigenvalue weighted by Crippen LogP contribution is -2.47. The van der Waals surface area contributed by atoms with E-state index in [1.54, 1.807) is 0 Å². The van der Waals surface area contributed by atoms with Crippen LogP contribution in [-0.4, -0.2) is 60.0 Å². The Hall–Kier alpha value is -2.68. The van der Waals surface area contributed by atoms with Crippen molar-refractivity contribution in [1.29, 1.82) is 0 Å². The molecule has 190 valence electrons. The van der Waals surface area contributed by atoms with Crippen LogP contribution in [0.5, 0.6) is 0 Å². The molecule has 2 aromatic rings. The maximum absolute atomic E-state index is 13.4. The molecule has 0 radical (unpaired) electrons. The number of fused-ring (bicyclic) bond motifs is 1. The summed E-state index contributed by atoms with van der Waals surface area (Å²) in [5.74, 6) is 0.685. The van der Waals surface area contributed by atoms with E-state index in [-0.39, 0.29) is 11.7 Å². The number of halogens is 3. The van der Waals surface area contributed by atoms with Gasteiger partial charge in [-0.15, -0.1) is 0 Å². The van der Waals surface area contributed by atoms with Gasteiger partial charge in [0.15, 0.2) is 0 Å². The highest BCUT2D eigenvalue weighted by Crippen LogP contribution is 2.32. The molecule has 0 saturated carbocycles. The number of carbonyl (C=O) groups excluding carboxylic acids is 1. The number of benzene rings is 1. The summed E-state index contributed by atoms with van der Waals surface area (Å²) in [6.07, 6.45) is -1.26. The van der Waals surface area contributed by atoms with Crippen LogP contribution in [0.15, 0.2) is 30.3 Å². The maximum atomic E-state index is 13.4. The number of para-hydroxylation sites is 1. The van der Waals surface area contributed by atoms with E-state index in [9.17, 15) is 18.0 Å². The normalized spacial score (nSPS) is 17.4. The van der Waals surface area contributed by atoms with E-state index >= 15 is 0 Å². The fraction of sp³-hybridized carbons (Fsp3) is 0.577. The molecule has 35 heavy (non-hydrogen) atoms. The van der Waals surface area contributed by atoms with Crippen molar-refractivity contribution in [3.8, 4) is 0 Å². The smallest absolute Gasteiger partial charge is 0.354 e. The van der Waals surface area contributed by atoms with Crippen molar-refractivity contribution >= 4 is 17.4 Å². The first-order valence-corrected chi connectivity index (χ1v) is 12.3. The van der Waals surface area contributed by atoms with Gasteiger partial charge in [0, 0.05) is 56.3 Å². The van der Waals surface area contributed by atoms with Gasteiger partial charge in [-0.3, -0.25) is 9.69 Å². The van der Waals surface area contributed by atoms with Gasteiger partial charge in [0.25, 0.3) is 0 Å². The number of hydrogen-bond donors (Lipinski definition) is 0. The Morgan fingerprint density at radius 3 is 2.40 bits per heavy atom. The number of piperazine rings is 1. The first kappa shape index (κ1) is 25.4. The first-order chi connectivity index (χ1) is 16.5. The molecule has 6 nitrogen and oxygen atoms in total. The Balaban J connectivity index is 1.31. The Morgan fingerprint density at radius 2 is 1.71 bits per heavy atom. The molecule has 0 spiro atoms. The number of alkyl halides is 3. The third-order valence-electron chi connectivity index (χ3n) is 6.65. The molecule has 0 unspecified atom stereocenters. The second-order valence-corrected chi connectivity index (χ2v) is 10.4. The Bertz CT molecular complexity index is 1010. The van der Waals surface area contributed by atoms with Crippen molar-refractivity contribution in [3.63, 3.8) is 0 Å². The van der Waals surface area contributed by atoms with Crippen molar-refractivity contribution < 1.29 is 18.0 Å². The zero-order valence-corrected chi connectivity index (χ0v) is 20.7. The van der Waals surface area contributed by atoms with Crippen LogP contribution in [0, 0.1) is 0 Å². The molecule has 1 fully saturated rings. The van der Waals surface area contributed by atoms with Crippen LogP contribution in [-0.2, 0) is 22.8 Å². The molecule has 9 heteroatoms. The lowest BCUT2D eigenvalue weighted by atomic mass is 9.95. The molecule has 1 aromatic heterocycles. The molecule has 0 N–H and O–H groups in total. The minimum Gasteiger partial charge on any atom is -0.354 e. The number of rotatable bonds is 5. The fourth-order valence-electron chi connectivity index (χ4n) is 4.66. The van der Waals surface area contributed by atoms with Crippen molar-refractivity contribution in [2.45, 2.75) is 58.0 Å². The van der Waals surface area contributed by atoms with Crippen LogP contribution in [0.2, 0.25) is 0 Å². The zero-order valence-electron chi connectivity index (χ0n) is 20.7. The topological polar surface area (TPSA) is 52.6 Å². The summed E-state index contributed by atoms with van der Waals surface area (Å²) in [5, 5.41) is 0. The van der Waals surface area contributed by atoms with Gasteiger partial charge in [0.2, 0.25) is 5.91 Å². The number of aromatic nitrogens is 2. The van der Waals surface area contributed by atoms with Crippen LogP contribution in [0.4, 0.5) is 24.7 Å². The standard InChI is InChI=1S/C26H34F3N5O/c1-25(2,3)24-30-21(26(27,28)29)18-22(31-24)33-16-14-32(15-17-33)12-7-11-23(35)34-13-6-9-19-8-4-5-10-20(19)34/h4-5,8,10,18H,6-7,9,11-17H2,1-3H3. The van der Waals surface area contributed by atoms with E-state index in [0.29, 0.717) is 25.3 Å². The molecular weight excluding hydrogens is 455 g/mol. The fourth-order valence-corrected chi connectivity index (χ4v) is 4.66. The molecule has 1 saturated heterocycles. The van der Waals surface area contributed by atoms with E-state index in [1.807, 2.05) is 48.8 Å². The van der Waals surface area contributed by atoms with Gasteiger partial charge in [-0.25, -0.2) is 9.97 Å². The van der Waals surface area contributed by atoms with E-state index in [0.717, 1.165) is 57.2 Å². The Labute approximate surface area is 205 Å². The van der Waals surface area contributed by atoms with E-state index < -0.39 is 17.3 Å².